The minimum atomic E-state index is -4.44. The quantitative estimate of drug-likeness (QED) is 0.698. The van der Waals surface area contributed by atoms with Crippen LogP contribution in [0.4, 0.5) is 13.2 Å². The number of rotatable bonds is 6. The van der Waals surface area contributed by atoms with E-state index in [0.717, 1.165) is 12.1 Å². The summed E-state index contributed by atoms with van der Waals surface area (Å²) in [7, 11) is 1.60. The summed E-state index contributed by atoms with van der Waals surface area (Å²) in [6, 6.07) is 6.06. The average molecular weight is 391 g/mol. The highest BCUT2D eigenvalue weighted by molar-refractivity contribution is 5.92. The maximum absolute atomic E-state index is 12.7. The third kappa shape index (κ3) is 4.84. The van der Waals surface area contributed by atoms with Crippen LogP contribution >= 0.6 is 0 Å². The number of hydrogen-bond acceptors (Lipinski definition) is 5. The average Bonchev–Trinajstić information content (AvgIpc) is 3.15. The molecule has 7 nitrogen and oxygen atoms in total. The van der Waals surface area contributed by atoms with E-state index < -0.39 is 11.7 Å². The van der Waals surface area contributed by atoms with Crippen LogP contribution in [-0.4, -0.2) is 38.0 Å². The van der Waals surface area contributed by atoms with Crippen molar-refractivity contribution in [1.82, 2.24) is 25.1 Å². The highest BCUT2D eigenvalue weighted by Gasteiger charge is 2.30. The van der Waals surface area contributed by atoms with Crippen LogP contribution in [0.15, 0.2) is 48.9 Å². The molecule has 3 aromatic rings. The lowest BCUT2D eigenvalue weighted by molar-refractivity contribution is -0.137. The third-order valence-corrected chi connectivity index (χ3v) is 3.77. The van der Waals surface area contributed by atoms with E-state index in [4.69, 9.17) is 4.74 Å². The van der Waals surface area contributed by atoms with Crippen molar-refractivity contribution in [3.63, 3.8) is 0 Å². The fourth-order valence-corrected chi connectivity index (χ4v) is 2.39. The Bertz CT molecular complexity index is 944. The first-order valence-corrected chi connectivity index (χ1v) is 8.17. The Hall–Kier alpha value is -3.43. The van der Waals surface area contributed by atoms with Crippen molar-refractivity contribution < 1.29 is 22.7 Å². The van der Waals surface area contributed by atoms with Gasteiger partial charge in [0.2, 0.25) is 0 Å². The molecule has 0 aliphatic rings. The zero-order chi connectivity index (χ0) is 20.1. The molecule has 0 aliphatic carbocycles. The number of alkyl halides is 3. The predicted molar refractivity (Wildman–Crippen MR) is 92.2 cm³/mol. The number of halogens is 3. The monoisotopic (exact) mass is 391 g/mol. The van der Waals surface area contributed by atoms with Crippen molar-refractivity contribution in [3.8, 4) is 5.75 Å². The number of aromatic amines is 1. The normalized spacial score (nSPS) is 11.3. The van der Waals surface area contributed by atoms with Crippen LogP contribution in [0.2, 0.25) is 0 Å². The first-order valence-electron chi connectivity index (χ1n) is 8.17. The van der Waals surface area contributed by atoms with E-state index in [1.807, 2.05) is 0 Å². The van der Waals surface area contributed by atoms with E-state index in [-0.39, 0.29) is 30.5 Å². The molecule has 10 heteroatoms. The van der Waals surface area contributed by atoms with Gasteiger partial charge >= 0.3 is 6.18 Å². The first kappa shape index (κ1) is 19.3. The SMILES string of the molecule is CN(Cc1cnccn1)C(=O)c1cc(COc2cccc(C(F)(F)F)c2)[nH]n1. The van der Waals surface area contributed by atoms with Crippen LogP contribution < -0.4 is 4.74 Å². The molecule has 2 aromatic heterocycles. The summed E-state index contributed by atoms with van der Waals surface area (Å²) in [6.45, 7) is 0.199. The van der Waals surface area contributed by atoms with Crippen molar-refractivity contribution in [2.24, 2.45) is 0 Å². The van der Waals surface area contributed by atoms with E-state index in [2.05, 4.69) is 20.2 Å². The number of carbonyl (C=O) groups is 1. The molecule has 0 aliphatic heterocycles. The van der Waals surface area contributed by atoms with Crippen LogP contribution in [0, 0.1) is 0 Å². The fraction of sp³-hybridized carbons (Fsp3) is 0.222. The molecule has 0 saturated heterocycles. The Morgan fingerprint density at radius 2 is 2.07 bits per heavy atom. The molecule has 28 heavy (non-hydrogen) atoms. The van der Waals surface area contributed by atoms with Crippen molar-refractivity contribution >= 4 is 5.91 Å². The second kappa shape index (κ2) is 8.07. The number of aromatic nitrogens is 4. The summed E-state index contributed by atoms with van der Waals surface area (Å²) < 4.78 is 43.6. The van der Waals surface area contributed by atoms with Gasteiger partial charge in [0.25, 0.3) is 5.91 Å². The number of H-pyrrole nitrogens is 1. The lowest BCUT2D eigenvalue weighted by Gasteiger charge is -2.14. The van der Waals surface area contributed by atoms with Crippen molar-refractivity contribution in [2.75, 3.05) is 7.05 Å². The van der Waals surface area contributed by atoms with E-state index in [1.165, 1.54) is 35.5 Å². The Morgan fingerprint density at radius 3 is 2.79 bits per heavy atom. The predicted octanol–water partition coefficient (Wildman–Crippen LogP) is 3.07. The van der Waals surface area contributed by atoms with Crippen LogP contribution in [0.1, 0.15) is 27.4 Å². The zero-order valence-electron chi connectivity index (χ0n) is 14.8. The van der Waals surface area contributed by atoms with E-state index in [1.54, 1.807) is 13.2 Å². The Morgan fingerprint density at radius 1 is 1.25 bits per heavy atom. The highest BCUT2D eigenvalue weighted by atomic mass is 19.4. The molecule has 1 aromatic carbocycles. The lowest BCUT2D eigenvalue weighted by atomic mass is 10.2. The van der Waals surface area contributed by atoms with Crippen LogP contribution in [-0.2, 0) is 19.3 Å². The standard InChI is InChI=1S/C18H16F3N5O2/c1-26(10-14-9-22-5-6-23-14)17(27)16-8-13(24-25-16)11-28-15-4-2-3-12(7-15)18(19,20)21/h2-9H,10-11H2,1H3,(H,24,25). The Kier molecular flexibility index (Phi) is 5.57. The number of nitrogens with zero attached hydrogens (tertiary/aromatic N) is 4. The molecule has 0 spiro atoms. The molecule has 0 unspecified atom stereocenters. The van der Waals surface area contributed by atoms with Gasteiger partial charge < -0.3 is 9.64 Å². The smallest absolute Gasteiger partial charge is 0.416 e. The van der Waals surface area contributed by atoms with Crippen molar-refractivity contribution in [3.05, 3.63) is 71.6 Å². The second-order valence-electron chi connectivity index (χ2n) is 5.95. The van der Waals surface area contributed by atoms with Gasteiger partial charge in [-0.1, -0.05) is 6.07 Å². The van der Waals surface area contributed by atoms with Crippen LogP contribution in [0.5, 0.6) is 5.75 Å². The molecule has 1 amide bonds. The molecular weight excluding hydrogens is 375 g/mol. The number of carbonyl (C=O) groups excluding carboxylic acids is 1. The molecule has 0 fully saturated rings. The summed E-state index contributed by atoms with van der Waals surface area (Å²) in [6.07, 6.45) is 0.185. The fourth-order valence-electron chi connectivity index (χ4n) is 2.39. The van der Waals surface area contributed by atoms with Gasteiger partial charge in [-0.3, -0.25) is 19.9 Å². The summed E-state index contributed by atoms with van der Waals surface area (Å²) in [5.74, 6) is -0.274. The van der Waals surface area contributed by atoms with Gasteiger partial charge in [0, 0.05) is 19.4 Å². The molecule has 0 bridgehead atoms. The molecule has 0 saturated carbocycles. The molecule has 0 radical (unpaired) electrons. The number of benzene rings is 1. The van der Waals surface area contributed by atoms with E-state index >= 15 is 0 Å². The number of ether oxygens (including phenoxy) is 1. The van der Waals surface area contributed by atoms with Gasteiger partial charge in [0.05, 0.1) is 29.7 Å². The van der Waals surface area contributed by atoms with Gasteiger partial charge in [0.1, 0.15) is 12.4 Å². The zero-order valence-corrected chi connectivity index (χ0v) is 14.8. The highest BCUT2D eigenvalue weighted by Crippen LogP contribution is 2.31. The van der Waals surface area contributed by atoms with Crippen molar-refractivity contribution in [1.29, 1.82) is 0 Å². The number of hydrogen-bond donors (Lipinski definition) is 1. The van der Waals surface area contributed by atoms with Gasteiger partial charge in [0.15, 0.2) is 5.69 Å². The molecule has 3 rings (SSSR count). The number of amides is 1. The van der Waals surface area contributed by atoms with Crippen LogP contribution in [0.3, 0.4) is 0 Å². The van der Waals surface area contributed by atoms with E-state index in [9.17, 15) is 18.0 Å². The maximum Gasteiger partial charge on any atom is 0.416 e. The first-order chi connectivity index (χ1) is 13.3. The third-order valence-electron chi connectivity index (χ3n) is 3.77. The maximum atomic E-state index is 12.7. The van der Waals surface area contributed by atoms with Gasteiger partial charge in [-0.05, 0) is 24.3 Å². The summed E-state index contributed by atoms with van der Waals surface area (Å²) in [5, 5.41) is 6.58. The molecular formula is C18H16F3N5O2. The minimum Gasteiger partial charge on any atom is -0.487 e. The topological polar surface area (TPSA) is 84.0 Å². The number of nitrogens with one attached hydrogen (secondary N) is 1. The van der Waals surface area contributed by atoms with Crippen molar-refractivity contribution in [2.45, 2.75) is 19.3 Å². The summed E-state index contributed by atoms with van der Waals surface area (Å²) in [4.78, 5) is 21.9. The summed E-state index contributed by atoms with van der Waals surface area (Å²) >= 11 is 0. The van der Waals surface area contributed by atoms with Crippen LogP contribution in [0.25, 0.3) is 0 Å². The summed E-state index contributed by atoms with van der Waals surface area (Å²) in [5.41, 5.74) is 0.445. The molecule has 0 atom stereocenters. The minimum absolute atomic E-state index is 0.0601. The largest absolute Gasteiger partial charge is 0.487 e. The van der Waals surface area contributed by atoms with Gasteiger partial charge in [-0.2, -0.15) is 18.3 Å². The van der Waals surface area contributed by atoms with Gasteiger partial charge in [-0.15, -0.1) is 0 Å². The van der Waals surface area contributed by atoms with Gasteiger partial charge in [-0.25, -0.2) is 0 Å². The Balaban J connectivity index is 1.60. The molecule has 1 N–H and O–H groups in total. The van der Waals surface area contributed by atoms with E-state index in [0.29, 0.717) is 11.4 Å². The molecule has 2 heterocycles. The lowest BCUT2D eigenvalue weighted by Crippen LogP contribution is -2.27. The Labute approximate surface area is 158 Å². The molecule has 146 valence electrons. The second-order valence-corrected chi connectivity index (χ2v) is 5.95.